The number of halogens is 2. The van der Waals surface area contributed by atoms with Gasteiger partial charge in [0.05, 0.1) is 6.10 Å². The normalized spacial score (nSPS) is 12.8. The van der Waals surface area contributed by atoms with Crippen LogP contribution in [0.25, 0.3) is 0 Å². The Bertz CT molecular complexity index is 248. The topological polar surface area (TPSA) is 20.2 Å². The first kappa shape index (κ1) is 10.5. The minimum absolute atomic E-state index is 0.284. The molecule has 3 heteroatoms. The molecule has 1 nitrogen and oxygen atoms in total. The van der Waals surface area contributed by atoms with E-state index in [0.29, 0.717) is 12.3 Å². The zero-order valence-electron chi connectivity index (χ0n) is 7.21. The number of alkyl halides is 1. The van der Waals surface area contributed by atoms with E-state index in [0.717, 1.165) is 12.0 Å². The maximum Gasteiger partial charge on any atom is 0.123 e. The van der Waals surface area contributed by atoms with Crippen LogP contribution in [0.5, 0.6) is 0 Å². The molecule has 1 unspecified atom stereocenters. The van der Waals surface area contributed by atoms with Gasteiger partial charge in [0, 0.05) is 5.88 Å². The lowest BCUT2D eigenvalue weighted by molar-refractivity contribution is 0.166. The van der Waals surface area contributed by atoms with Crippen LogP contribution in [0.3, 0.4) is 0 Å². The predicted molar refractivity (Wildman–Crippen MR) is 51.3 cm³/mol. The van der Waals surface area contributed by atoms with E-state index < -0.39 is 6.10 Å². The van der Waals surface area contributed by atoms with Gasteiger partial charge in [0.1, 0.15) is 5.82 Å². The first-order chi connectivity index (χ1) is 6.24. The molecule has 0 aliphatic carbocycles. The van der Waals surface area contributed by atoms with Crippen molar-refractivity contribution < 1.29 is 9.50 Å². The van der Waals surface area contributed by atoms with E-state index in [1.54, 1.807) is 12.1 Å². The fourth-order valence-electron chi connectivity index (χ4n) is 1.12. The maximum atomic E-state index is 12.5. The highest BCUT2D eigenvalue weighted by molar-refractivity contribution is 6.17. The van der Waals surface area contributed by atoms with Gasteiger partial charge in [-0.2, -0.15) is 0 Å². The second-order valence-electron chi connectivity index (χ2n) is 2.90. The Labute approximate surface area is 82.2 Å². The van der Waals surface area contributed by atoms with Crippen LogP contribution in [0.4, 0.5) is 4.39 Å². The smallest absolute Gasteiger partial charge is 0.123 e. The molecular formula is C10H12ClFO. The van der Waals surface area contributed by atoms with Crippen LogP contribution in [-0.4, -0.2) is 11.0 Å². The van der Waals surface area contributed by atoms with Crippen LogP contribution in [-0.2, 0) is 0 Å². The molecule has 0 saturated carbocycles. The van der Waals surface area contributed by atoms with Gasteiger partial charge in [-0.3, -0.25) is 0 Å². The SMILES string of the molecule is OC(CCCCl)c1ccc(F)cc1. The van der Waals surface area contributed by atoms with Crippen molar-refractivity contribution in [3.05, 3.63) is 35.6 Å². The molecule has 1 N–H and O–H groups in total. The zero-order valence-corrected chi connectivity index (χ0v) is 7.97. The van der Waals surface area contributed by atoms with E-state index in [4.69, 9.17) is 11.6 Å². The minimum atomic E-state index is -0.528. The summed E-state index contributed by atoms with van der Waals surface area (Å²) in [7, 11) is 0. The van der Waals surface area contributed by atoms with Crippen LogP contribution in [0, 0.1) is 5.82 Å². The summed E-state index contributed by atoms with van der Waals surface area (Å²) >= 11 is 5.49. The van der Waals surface area contributed by atoms with Gasteiger partial charge in [0.15, 0.2) is 0 Å². The molecule has 0 radical (unpaired) electrons. The molecule has 0 bridgehead atoms. The largest absolute Gasteiger partial charge is 0.388 e. The lowest BCUT2D eigenvalue weighted by Gasteiger charge is -2.09. The molecule has 1 aromatic carbocycles. The van der Waals surface area contributed by atoms with Crippen molar-refractivity contribution in [3.63, 3.8) is 0 Å². The molecule has 0 saturated heterocycles. The van der Waals surface area contributed by atoms with Gasteiger partial charge in [-0.25, -0.2) is 4.39 Å². The van der Waals surface area contributed by atoms with Crippen molar-refractivity contribution in [1.82, 2.24) is 0 Å². The molecule has 1 rings (SSSR count). The minimum Gasteiger partial charge on any atom is -0.388 e. The summed E-state index contributed by atoms with van der Waals surface area (Å²) in [5.74, 6) is 0.256. The van der Waals surface area contributed by atoms with E-state index in [-0.39, 0.29) is 5.82 Å². The Balaban J connectivity index is 2.55. The second kappa shape index (κ2) is 5.20. The van der Waals surface area contributed by atoms with Crippen molar-refractivity contribution in [2.45, 2.75) is 18.9 Å². The Kier molecular flexibility index (Phi) is 4.19. The number of aliphatic hydroxyl groups excluding tert-OH is 1. The Morgan fingerprint density at radius 2 is 1.92 bits per heavy atom. The molecule has 72 valence electrons. The molecule has 0 spiro atoms. The van der Waals surface area contributed by atoms with Crippen LogP contribution < -0.4 is 0 Å². The molecule has 1 aromatic rings. The monoisotopic (exact) mass is 202 g/mol. The average Bonchev–Trinajstić information content (AvgIpc) is 2.15. The number of rotatable bonds is 4. The predicted octanol–water partition coefficient (Wildman–Crippen LogP) is 2.88. The van der Waals surface area contributed by atoms with E-state index in [2.05, 4.69) is 0 Å². The van der Waals surface area contributed by atoms with Crippen molar-refractivity contribution in [2.24, 2.45) is 0 Å². The highest BCUT2D eigenvalue weighted by atomic mass is 35.5. The third kappa shape index (κ3) is 3.33. The summed E-state index contributed by atoms with van der Waals surface area (Å²) < 4.78 is 12.5. The average molecular weight is 203 g/mol. The van der Waals surface area contributed by atoms with Gasteiger partial charge in [-0.1, -0.05) is 12.1 Å². The van der Waals surface area contributed by atoms with Crippen LogP contribution in [0.15, 0.2) is 24.3 Å². The molecule has 0 heterocycles. The molecular weight excluding hydrogens is 191 g/mol. The summed E-state index contributed by atoms with van der Waals surface area (Å²) in [6.07, 6.45) is 0.856. The van der Waals surface area contributed by atoms with Gasteiger partial charge in [-0.05, 0) is 30.5 Å². The van der Waals surface area contributed by atoms with E-state index in [1.807, 2.05) is 0 Å². The van der Waals surface area contributed by atoms with Crippen molar-refractivity contribution in [3.8, 4) is 0 Å². The van der Waals surface area contributed by atoms with Gasteiger partial charge in [-0.15, -0.1) is 11.6 Å². The van der Waals surface area contributed by atoms with Crippen molar-refractivity contribution in [1.29, 1.82) is 0 Å². The zero-order chi connectivity index (χ0) is 9.68. The molecule has 0 fully saturated rings. The summed E-state index contributed by atoms with van der Waals surface area (Å²) in [5, 5.41) is 9.56. The lowest BCUT2D eigenvalue weighted by Crippen LogP contribution is -1.97. The molecule has 0 aromatic heterocycles. The van der Waals surface area contributed by atoms with Gasteiger partial charge in [0.2, 0.25) is 0 Å². The summed E-state index contributed by atoms with van der Waals surface area (Å²) in [5.41, 5.74) is 0.742. The molecule has 13 heavy (non-hydrogen) atoms. The number of hydrogen-bond acceptors (Lipinski definition) is 1. The highest BCUT2D eigenvalue weighted by Gasteiger charge is 2.06. The van der Waals surface area contributed by atoms with Crippen LogP contribution in [0.2, 0.25) is 0 Å². The second-order valence-corrected chi connectivity index (χ2v) is 3.28. The number of aliphatic hydroxyl groups is 1. The Hall–Kier alpha value is -0.600. The van der Waals surface area contributed by atoms with Crippen molar-refractivity contribution in [2.75, 3.05) is 5.88 Å². The van der Waals surface area contributed by atoms with Gasteiger partial charge >= 0.3 is 0 Å². The van der Waals surface area contributed by atoms with E-state index >= 15 is 0 Å². The summed E-state index contributed by atoms with van der Waals surface area (Å²) in [6.45, 7) is 0. The van der Waals surface area contributed by atoms with E-state index in [9.17, 15) is 9.50 Å². The van der Waals surface area contributed by atoms with Gasteiger partial charge < -0.3 is 5.11 Å². The number of benzene rings is 1. The summed E-state index contributed by atoms with van der Waals surface area (Å²) in [6, 6.07) is 5.88. The molecule has 0 amide bonds. The first-order valence-corrected chi connectivity index (χ1v) is 4.77. The van der Waals surface area contributed by atoms with Crippen molar-refractivity contribution >= 4 is 11.6 Å². The molecule has 0 aliphatic heterocycles. The highest BCUT2D eigenvalue weighted by Crippen LogP contribution is 2.18. The third-order valence-electron chi connectivity index (χ3n) is 1.87. The van der Waals surface area contributed by atoms with E-state index in [1.165, 1.54) is 12.1 Å². The maximum absolute atomic E-state index is 12.5. The lowest BCUT2D eigenvalue weighted by atomic mass is 10.1. The van der Waals surface area contributed by atoms with Crippen LogP contribution in [0.1, 0.15) is 24.5 Å². The quantitative estimate of drug-likeness (QED) is 0.745. The number of hydrogen-bond donors (Lipinski definition) is 1. The first-order valence-electron chi connectivity index (χ1n) is 4.23. The standard InChI is InChI=1S/C10H12ClFO/c11-7-1-2-10(13)8-3-5-9(12)6-4-8/h3-6,10,13H,1-2,7H2. The van der Waals surface area contributed by atoms with Crippen LogP contribution >= 0.6 is 11.6 Å². The fourth-order valence-corrected chi connectivity index (χ4v) is 1.28. The molecule has 1 atom stereocenters. The summed E-state index contributed by atoms with van der Waals surface area (Å²) in [4.78, 5) is 0. The molecule has 0 aliphatic rings. The Morgan fingerprint density at radius 3 is 2.46 bits per heavy atom. The van der Waals surface area contributed by atoms with Gasteiger partial charge in [0.25, 0.3) is 0 Å². The fraction of sp³-hybridized carbons (Fsp3) is 0.400. The Morgan fingerprint density at radius 1 is 1.31 bits per heavy atom. The third-order valence-corrected chi connectivity index (χ3v) is 2.13.